The second kappa shape index (κ2) is 5.69. The van der Waals surface area contributed by atoms with Crippen molar-refractivity contribution in [2.24, 2.45) is 4.40 Å². The van der Waals surface area contributed by atoms with E-state index in [0.29, 0.717) is 17.2 Å². The van der Waals surface area contributed by atoms with E-state index in [4.69, 9.17) is 4.42 Å². The summed E-state index contributed by atoms with van der Waals surface area (Å²) in [5.74, 6) is 1.49. The molecule has 3 rings (SSSR count). The highest BCUT2D eigenvalue weighted by molar-refractivity contribution is 7.90. The SMILES string of the molecule is Cc1ccc(C(C)NC(=O)C2=CN3CCS(=O)(=O)N=C3C=C2)o1. The Morgan fingerprint density at radius 1 is 1.39 bits per heavy atom. The van der Waals surface area contributed by atoms with Crippen molar-refractivity contribution in [1.82, 2.24) is 10.2 Å². The highest BCUT2D eigenvalue weighted by Gasteiger charge is 2.25. The van der Waals surface area contributed by atoms with Crippen LogP contribution in [0.4, 0.5) is 0 Å². The summed E-state index contributed by atoms with van der Waals surface area (Å²) in [7, 11) is -3.39. The molecule has 1 aromatic heterocycles. The second-order valence-electron chi connectivity index (χ2n) is 5.49. The minimum absolute atomic E-state index is 0.0577. The van der Waals surface area contributed by atoms with Crippen LogP contribution in [0, 0.1) is 6.92 Å². The molecule has 0 aliphatic carbocycles. The Bertz CT molecular complexity index is 833. The van der Waals surface area contributed by atoms with Crippen LogP contribution in [0.1, 0.15) is 24.5 Å². The zero-order valence-electron chi connectivity index (χ0n) is 12.8. The number of aryl methyl sites for hydroxylation is 1. The molecule has 0 aromatic carbocycles. The Balaban J connectivity index is 1.72. The smallest absolute Gasteiger partial charge is 0.256 e. The second-order valence-corrected chi connectivity index (χ2v) is 7.24. The van der Waals surface area contributed by atoms with Crippen LogP contribution in [-0.2, 0) is 14.8 Å². The lowest BCUT2D eigenvalue weighted by Gasteiger charge is -2.27. The van der Waals surface area contributed by atoms with Gasteiger partial charge in [0.25, 0.3) is 15.9 Å². The summed E-state index contributed by atoms with van der Waals surface area (Å²) in [6.07, 6.45) is 4.71. The van der Waals surface area contributed by atoms with E-state index in [0.717, 1.165) is 5.76 Å². The Morgan fingerprint density at radius 3 is 2.87 bits per heavy atom. The summed E-state index contributed by atoms with van der Waals surface area (Å²) >= 11 is 0. The molecular formula is C15H17N3O4S. The first kappa shape index (κ1) is 15.5. The number of nitrogens with one attached hydrogen (secondary N) is 1. The molecular weight excluding hydrogens is 318 g/mol. The maximum Gasteiger partial charge on any atom is 0.256 e. The van der Waals surface area contributed by atoms with Crippen LogP contribution in [0.25, 0.3) is 0 Å². The van der Waals surface area contributed by atoms with Gasteiger partial charge >= 0.3 is 0 Å². The van der Waals surface area contributed by atoms with E-state index in [1.807, 2.05) is 26.0 Å². The van der Waals surface area contributed by atoms with E-state index in [2.05, 4.69) is 9.71 Å². The summed E-state index contributed by atoms with van der Waals surface area (Å²) in [6.45, 7) is 3.97. The molecule has 0 radical (unpaired) electrons. The average Bonchev–Trinajstić information content (AvgIpc) is 2.92. The molecule has 0 saturated carbocycles. The number of sulfonamides is 1. The third-order valence-corrected chi connectivity index (χ3v) is 4.79. The molecule has 23 heavy (non-hydrogen) atoms. The summed E-state index contributed by atoms with van der Waals surface area (Å²) in [5, 5.41) is 2.85. The van der Waals surface area contributed by atoms with Crippen LogP contribution >= 0.6 is 0 Å². The third kappa shape index (κ3) is 3.37. The average molecular weight is 335 g/mol. The molecule has 8 heteroatoms. The number of hydrogen-bond donors (Lipinski definition) is 1. The monoisotopic (exact) mass is 335 g/mol. The lowest BCUT2D eigenvalue weighted by molar-refractivity contribution is -0.118. The zero-order valence-corrected chi connectivity index (χ0v) is 13.6. The minimum atomic E-state index is -3.39. The third-order valence-electron chi connectivity index (χ3n) is 3.62. The highest BCUT2D eigenvalue weighted by atomic mass is 32.2. The van der Waals surface area contributed by atoms with Crippen molar-refractivity contribution in [2.45, 2.75) is 19.9 Å². The molecule has 7 nitrogen and oxygen atoms in total. The number of nitrogens with zero attached hydrogens (tertiary/aromatic N) is 2. The summed E-state index contributed by atoms with van der Waals surface area (Å²) in [4.78, 5) is 14.0. The number of fused-ring (bicyclic) bond motifs is 1. The van der Waals surface area contributed by atoms with Gasteiger partial charge in [-0.15, -0.1) is 4.40 Å². The van der Waals surface area contributed by atoms with E-state index in [1.54, 1.807) is 17.2 Å². The Morgan fingerprint density at radius 2 is 2.17 bits per heavy atom. The number of carbonyl (C=O) groups is 1. The topological polar surface area (TPSA) is 92.0 Å². The number of carbonyl (C=O) groups excluding carboxylic acids is 1. The van der Waals surface area contributed by atoms with Crippen molar-refractivity contribution in [3.05, 3.63) is 47.6 Å². The molecule has 0 saturated heterocycles. The van der Waals surface area contributed by atoms with E-state index in [9.17, 15) is 13.2 Å². The molecule has 3 heterocycles. The number of amidine groups is 1. The lowest BCUT2D eigenvalue weighted by Crippen LogP contribution is -2.38. The normalized spacial score (nSPS) is 20.3. The fourth-order valence-corrected chi connectivity index (χ4v) is 3.34. The molecule has 0 fully saturated rings. The van der Waals surface area contributed by atoms with Gasteiger partial charge in [0.2, 0.25) is 0 Å². The molecule has 0 spiro atoms. The van der Waals surface area contributed by atoms with Gasteiger partial charge in [0, 0.05) is 12.7 Å². The van der Waals surface area contributed by atoms with E-state index < -0.39 is 10.0 Å². The van der Waals surface area contributed by atoms with Crippen LogP contribution in [0.2, 0.25) is 0 Å². The van der Waals surface area contributed by atoms with Crippen LogP contribution in [0.3, 0.4) is 0 Å². The fraction of sp³-hybridized carbons (Fsp3) is 0.333. The van der Waals surface area contributed by atoms with Gasteiger partial charge in [-0.1, -0.05) is 0 Å². The van der Waals surface area contributed by atoms with Crippen LogP contribution in [0.5, 0.6) is 0 Å². The molecule has 1 N–H and O–H groups in total. The van der Waals surface area contributed by atoms with Crippen LogP contribution in [0.15, 0.2) is 44.9 Å². The predicted octanol–water partition coefficient (Wildman–Crippen LogP) is 1.26. The zero-order chi connectivity index (χ0) is 16.6. The standard InChI is InChI=1S/C15H17N3O4S/c1-10-3-5-13(22-10)11(2)16-15(19)12-4-6-14-17-23(20,21)8-7-18(14)9-12/h3-6,9,11H,7-8H2,1-2H3,(H,16,19). The van der Waals surface area contributed by atoms with Crippen molar-refractivity contribution < 1.29 is 17.6 Å². The van der Waals surface area contributed by atoms with E-state index >= 15 is 0 Å². The fourth-order valence-electron chi connectivity index (χ4n) is 2.37. The van der Waals surface area contributed by atoms with E-state index in [-0.39, 0.29) is 24.2 Å². The first-order chi connectivity index (χ1) is 10.8. The van der Waals surface area contributed by atoms with Crippen LogP contribution in [-0.4, -0.2) is 37.4 Å². The molecule has 1 unspecified atom stereocenters. The van der Waals surface area contributed by atoms with Crippen LogP contribution < -0.4 is 5.32 Å². The Kier molecular flexibility index (Phi) is 3.85. The number of rotatable bonds is 3. The van der Waals surface area contributed by atoms with Gasteiger partial charge in [-0.3, -0.25) is 4.79 Å². The van der Waals surface area contributed by atoms with Crippen molar-refractivity contribution in [3.8, 4) is 0 Å². The van der Waals surface area contributed by atoms with Gasteiger partial charge in [-0.05, 0) is 38.1 Å². The van der Waals surface area contributed by atoms with Crippen molar-refractivity contribution in [3.63, 3.8) is 0 Å². The molecule has 0 bridgehead atoms. The maximum absolute atomic E-state index is 12.3. The summed E-state index contributed by atoms with van der Waals surface area (Å²) < 4.78 is 32.1. The van der Waals surface area contributed by atoms with Gasteiger partial charge in [0.15, 0.2) is 0 Å². The molecule has 2 aliphatic heterocycles. The Hall–Kier alpha value is -2.35. The van der Waals surface area contributed by atoms with Gasteiger partial charge in [-0.2, -0.15) is 0 Å². The van der Waals surface area contributed by atoms with Gasteiger partial charge in [0.05, 0.1) is 17.4 Å². The number of amides is 1. The largest absolute Gasteiger partial charge is 0.464 e. The van der Waals surface area contributed by atoms with Gasteiger partial charge in [-0.25, -0.2) is 8.42 Å². The lowest BCUT2D eigenvalue weighted by atomic mass is 10.1. The number of hydrogen-bond acceptors (Lipinski definition) is 5. The van der Waals surface area contributed by atoms with Crippen molar-refractivity contribution >= 4 is 21.8 Å². The van der Waals surface area contributed by atoms with Crippen molar-refractivity contribution in [2.75, 3.05) is 12.3 Å². The molecule has 1 amide bonds. The molecule has 2 aliphatic rings. The Labute approximate surface area is 134 Å². The molecule has 1 aromatic rings. The maximum atomic E-state index is 12.3. The van der Waals surface area contributed by atoms with E-state index in [1.165, 1.54) is 6.08 Å². The first-order valence-corrected chi connectivity index (χ1v) is 8.81. The summed E-state index contributed by atoms with van der Waals surface area (Å²) in [5.41, 5.74) is 0.443. The quantitative estimate of drug-likeness (QED) is 0.898. The highest BCUT2D eigenvalue weighted by Crippen LogP contribution is 2.19. The number of furan rings is 1. The minimum Gasteiger partial charge on any atom is -0.464 e. The first-order valence-electron chi connectivity index (χ1n) is 7.20. The summed E-state index contributed by atoms with van der Waals surface area (Å²) in [6, 6.07) is 3.41. The predicted molar refractivity (Wildman–Crippen MR) is 85.2 cm³/mol. The van der Waals surface area contributed by atoms with Crippen molar-refractivity contribution in [1.29, 1.82) is 0 Å². The van der Waals surface area contributed by atoms with Gasteiger partial charge < -0.3 is 14.6 Å². The van der Waals surface area contributed by atoms with Gasteiger partial charge in [0.1, 0.15) is 17.4 Å². The molecule has 1 atom stereocenters. The molecule has 122 valence electrons.